The first-order valence-electron chi connectivity index (χ1n) is 9.72. The number of rotatable bonds is 5. The van der Waals surface area contributed by atoms with Crippen molar-refractivity contribution in [2.24, 2.45) is 0 Å². The molecular weight excluding hydrogens is 449 g/mol. The van der Waals surface area contributed by atoms with Gasteiger partial charge in [0.1, 0.15) is 16.9 Å². The SMILES string of the molecule is O=C(O)CSc1c(F)cc2c(=O)c(C(=O)O)cn3c2c1Oc1ccc(-c2ccccc2)cc1-3. The molecule has 5 rings (SSSR count). The zero-order valence-electron chi connectivity index (χ0n) is 16.7. The van der Waals surface area contributed by atoms with Crippen molar-refractivity contribution in [3.8, 4) is 28.3 Å². The Morgan fingerprint density at radius 1 is 1.03 bits per heavy atom. The van der Waals surface area contributed by atoms with Gasteiger partial charge in [0.05, 0.1) is 21.7 Å². The van der Waals surface area contributed by atoms with Gasteiger partial charge in [0, 0.05) is 6.20 Å². The number of carboxylic acid groups (broad SMARTS) is 2. The Morgan fingerprint density at radius 3 is 2.48 bits per heavy atom. The standard InChI is InChI=1S/C24H14FNO6S/c25-16-9-14-20-22(23(16)33-11-19(27)28)32-18-7-6-13(12-4-2-1-3-5-12)8-17(18)26(20)10-15(21(14)29)24(30)31/h1-10H,11H2,(H,27,28)(H,30,31). The highest BCUT2D eigenvalue weighted by atomic mass is 32.2. The molecule has 1 aliphatic rings. The summed E-state index contributed by atoms with van der Waals surface area (Å²) in [5, 5.41) is 18.5. The molecule has 0 saturated heterocycles. The number of fused-ring (bicyclic) bond motifs is 2. The minimum absolute atomic E-state index is 0.0229. The van der Waals surface area contributed by atoms with E-state index in [4.69, 9.17) is 9.84 Å². The average molecular weight is 463 g/mol. The molecule has 0 spiro atoms. The van der Waals surface area contributed by atoms with E-state index >= 15 is 0 Å². The summed E-state index contributed by atoms with van der Waals surface area (Å²) in [6, 6.07) is 15.7. The molecule has 164 valence electrons. The Labute approximate surface area is 189 Å². The summed E-state index contributed by atoms with van der Waals surface area (Å²) in [5.41, 5.74) is 1.02. The summed E-state index contributed by atoms with van der Waals surface area (Å²) in [6.07, 6.45) is 1.19. The molecule has 3 aromatic carbocycles. The van der Waals surface area contributed by atoms with Crippen molar-refractivity contribution in [1.29, 1.82) is 0 Å². The molecule has 0 bridgehead atoms. The predicted molar refractivity (Wildman–Crippen MR) is 120 cm³/mol. The van der Waals surface area contributed by atoms with Gasteiger partial charge in [-0.1, -0.05) is 36.4 Å². The van der Waals surface area contributed by atoms with Crippen LogP contribution in [0.25, 0.3) is 27.7 Å². The fraction of sp³-hybridized carbons (Fsp3) is 0.0417. The summed E-state index contributed by atoms with van der Waals surface area (Å²) in [4.78, 5) is 35.6. The number of aliphatic carboxylic acids is 1. The normalized spacial score (nSPS) is 11.7. The molecule has 9 heteroatoms. The van der Waals surface area contributed by atoms with Gasteiger partial charge in [0.2, 0.25) is 5.43 Å². The van der Waals surface area contributed by atoms with Crippen LogP contribution in [0.15, 0.2) is 70.5 Å². The Balaban J connectivity index is 1.84. The lowest BCUT2D eigenvalue weighted by Gasteiger charge is -2.26. The summed E-state index contributed by atoms with van der Waals surface area (Å²) < 4.78 is 22.4. The maximum Gasteiger partial charge on any atom is 0.341 e. The third kappa shape index (κ3) is 3.42. The number of aromatic nitrogens is 1. The highest BCUT2D eigenvalue weighted by Gasteiger charge is 2.29. The zero-order chi connectivity index (χ0) is 23.3. The van der Waals surface area contributed by atoms with E-state index < -0.39 is 34.5 Å². The fourth-order valence-electron chi connectivity index (χ4n) is 3.83. The van der Waals surface area contributed by atoms with Crippen molar-refractivity contribution in [3.63, 3.8) is 0 Å². The average Bonchev–Trinajstić information content (AvgIpc) is 2.80. The second-order valence-electron chi connectivity index (χ2n) is 7.29. The number of thioether (sulfide) groups is 1. The van der Waals surface area contributed by atoms with Gasteiger partial charge in [-0.25, -0.2) is 9.18 Å². The van der Waals surface area contributed by atoms with E-state index in [1.807, 2.05) is 30.3 Å². The lowest BCUT2D eigenvalue weighted by molar-refractivity contribution is -0.133. The largest absolute Gasteiger partial charge is 0.481 e. The van der Waals surface area contributed by atoms with Crippen LogP contribution in [0.5, 0.6) is 11.5 Å². The van der Waals surface area contributed by atoms with Gasteiger partial charge in [-0.15, -0.1) is 11.8 Å². The highest BCUT2D eigenvalue weighted by molar-refractivity contribution is 8.00. The number of hydrogen-bond acceptors (Lipinski definition) is 5. The number of carbonyl (C=O) groups is 2. The van der Waals surface area contributed by atoms with E-state index in [0.717, 1.165) is 29.0 Å². The second-order valence-corrected chi connectivity index (χ2v) is 8.28. The van der Waals surface area contributed by atoms with E-state index in [-0.39, 0.29) is 21.5 Å². The molecule has 0 aliphatic carbocycles. The van der Waals surface area contributed by atoms with E-state index in [0.29, 0.717) is 11.4 Å². The van der Waals surface area contributed by atoms with Crippen molar-refractivity contribution in [3.05, 3.63) is 82.4 Å². The molecule has 2 heterocycles. The molecule has 33 heavy (non-hydrogen) atoms. The van der Waals surface area contributed by atoms with Crippen LogP contribution in [0.1, 0.15) is 10.4 Å². The van der Waals surface area contributed by atoms with Gasteiger partial charge in [0.25, 0.3) is 0 Å². The maximum atomic E-state index is 15.0. The molecule has 0 amide bonds. The van der Waals surface area contributed by atoms with Gasteiger partial charge in [0.15, 0.2) is 11.5 Å². The van der Waals surface area contributed by atoms with E-state index in [1.54, 1.807) is 18.2 Å². The first kappa shape index (κ1) is 20.8. The Kier molecular flexibility index (Phi) is 4.90. The quantitative estimate of drug-likeness (QED) is 0.362. The predicted octanol–water partition coefficient (Wildman–Crippen LogP) is 4.78. The van der Waals surface area contributed by atoms with Crippen molar-refractivity contribution in [2.45, 2.75) is 4.90 Å². The number of nitrogens with zero attached hydrogens (tertiary/aromatic N) is 1. The minimum Gasteiger partial charge on any atom is -0.481 e. The number of ether oxygens (including phenoxy) is 1. The molecular formula is C24H14FNO6S. The topological polar surface area (TPSA) is 106 Å². The molecule has 2 N–H and O–H groups in total. The molecule has 4 aromatic rings. The van der Waals surface area contributed by atoms with E-state index in [2.05, 4.69) is 0 Å². The van der Waals surface area contributed by atoms with Crippen LogP contribution in [-0.4, -0.2) is 32.5 Å². The number of benzene rings is 3. The summed E-state index contributed by atoms with van der Waals surface area (Å²) in [7, 11) is 0. The van der Waals surface area contributed by atoms with Gasteiger partial charge in [-0.3, -0.25) is 9.59 Å². The van der Waals surface area contributed by atoms with Crippen LogP contribution in [-0.2, 0) is 4.79 Å². The monoisotopic (exact) mass is 463 g/mol. The van der Waals surface area contributed by atoms with Crippen LogP contribution in [0.2, 0.25) is 0 Å². The molecule has 1 aromatic heterocycles. The zero-order valence-corrected chi connectivity index (χ0v) is 17.6. The highest BCUT2D eigenvalue weighted by Crippen LogP contribution is 2.46. The van der Waals surface area contributed by atoms with E-state index in [1.165, 1.54) is 10.8 Å². The fourth-order valence-corrected chi connectivity index (χ4v) is 4.56. The third-order valence-corrected chi connectivity index (χ3v) is 6.32. The molecule has 0 atom stereocenters. The summed E-state index contributed by atoms with van der Waals surface area (Å²) in [5.74, 6) is -3.58. The molecule has 7 nitrogen and oxygen atoms in total. The molecule has 0 saturated carbocycles. The number of carboxylic acids is 2. The van der Waals surface area contributed by atoms with Crippen molar-refractivity contribution < 1.29 is 28.9 Å². The smallest absolute Gasteiger partial charge is 0.341 e. The Morgan fingerprint density at radius 2 is 1.79 bits per heavy atom. The molecule has 0 fully saturated rings. The molecule has 0 unspecified atom stereocenters. The second kappa shape index (κ2) is 7.79. The number of aromatic carboxylic acids is 1. The lowest BCUT2D eigenvalue weighted by atomic mass is 10.0. The maximum absolute atomic E-state index is 15.0. The third-order valence-electron chi connectivity index (χ3n) is 5.26. The number of hydrogen-bond donors (Lipinski definition) is 2. The number of pyridine rings is 1. The van der Waals surface area contributed by atoms with Crippen molar-refractivity contribution >= 4 is 34.6 Å². The molecule has 0 radical (unpaired) electrons. The minimum atomic E-state index is -1.44. The van der Waals surface area contributed by atoms with E-state index in [9.17, 15) is 23.9 Å². The van der Waals surface area contributed by atoms with Crippen LogP contribution in [0.3, 0.4) is 0 Å². The van der Waals surface area contributed by atoms with Gasteiger partial charge >= 0.3 is 11.9 Å². The Bertz CT molecular complexity index is 1530. The van der Waals surface area contributed by atoms with Crippen LogP contribution in [0.4, 0.5) is 4.39 Å². The number of halogens is 1. The first-order valence-corrected chi connectivity index (χ1v) is 10.7. The molecule has 1 aliphatic heterocycles. The van der Waals surface area contributed by atoms with Crippen molar-refractivity contribution in [1.82, 2.24) is 4.57 Å². The lowest BCUT2D eigenvalue weighted by Crippen LogP contribution is -2.21. The van der Waals surface area contributed by atoms with Crippen LogP contribution in [0, 0.1) is 5.82 Å². The summed E-state index contributed by atoms with van der Waals surface area (Å²) in [6.45, 7) is 0. The summed E-state index contributed by atoms with van der Waals surface area (Å²) >= 11 is 0.724. The van der Waals surface area contributed by atoms with Gasteiger partial charge < -0.3 is 19.5 Å². The Hall–Kier alpha value is -4.11. The van der Waals surface area contributed by atoms with Gasteiger partial charge in [-0.05, 0) is 29.3 Å². The van der Waals surface area contributed by atoms with Gasteiger partial charge in [-0.2, -0.15) is 0 Å². The van der Waals surface area contributed by atoms with Crippen LogP contribution < -0.4 is 10.2 Å². The van der Waals surface area contributed by atoms with Crippen molar-refractivity contribution in [2.75, 3.05) is 5.75 Å². The first-order chi connectivity index (χ1) is 15.8. The van der Waals surface area contributed by atoms with Crippen LogP contribution >= 0.6 is 11.8 Å².